The molecular weight excluding hydrogens is 528 g/mol. The summed E-state index contributed by atoms with van der Waals surface area (Å²) in [5.41, 5.74) is -0.671. The second-order valence-electron chi connectivity index (χ2n) is 11.0. The van der Waals surface area contributed by atoms with Crippen molar-refractivity contribution in [3.05, 3.63) is 59.2 Å². The van der Waals surface area contributed by atoms with Crippen LogP contribution in [-0.2, 0) is 27.9 Å². The molecule has 40 heavy (non-hydrogen) atoms. The zero-order valence-corrected chi connectivity index (χ0v) is 21.5. The smallest absolute Gasteiger partial charge is 0.247 e. The Kier molecular flexibility index (Phi) is 6.86. The number of aryl methyl sites for hydroxylation is 2. The third-order valence-electron chi connectivity index (χ3n) is 8.77. The topological polar surface area (TPSA) is 199 Å². The summed E-state index contributed by atoms with van der Waals surface area (Å²) >= 11 is 0. The molecule has 12 heteroatoms. The van der Waals surface area contributed by atoms with Gasteiger partial charge in [-0.15, -0.1) is 0 Å². The number of aliphatic hydroxyl groups excluding tert-OH is 7. The molecule has 0 aromatic heterocycles. The molecule has 0 amide bonds. The molecule has 4 heterocycles. The number of rotatable bonds is 3. The van der Waals surface area contributed by atoms with Gasteiger partial charge >= 0.3 is 0 Å². The molecule has 2 saturated heterocycles. The maximum Gasteiger partial charge on any atom is 0.247 e. The van der Waals surface area contributed by atoms with Crippen molar-refractivity contribution in [2.45, 2.75) is 85.6 Å². The van der Waals surface area contributed by atoms with Crippen LogP contribution in [0.3, 0.4) is 0 Å². The molecule has 2 aromatic carbocycles. The Hall–Kier alpha value is -2.36. The normalized spacial score (nSPS) is 42.5. The number of ether oxygens (including phenoxy) is 4. The van der Waals surface area contributed by atoms with Gasteiger partial charge in [-0.05, 0) is 47.7 Å². The van der Waals surface area contributed by atoms with Crippen LogP contribution < -0.4 is 9.47 Å². The third kappa shape index (κ3) is 3.91. The van der Waals surface area contributed by atoms with Crippen molar-refractivity contribution in [1.29, 1.82) is 0 Å². The maximum atomic E-state index is 12.3. The van der Waals surface area contributed by atoms with E-state index in [1.165, 1.54) is 12.1 Å². The third-order valence-corrected chi connectivity index (χ3v) is 8.77. The maximum absolute atomic E-state index is 12.3. The first kappa shape index (κ1) is 27.8. The van der Waals surface area contributed by atoms with Gasteiger partial charge in [0.2, 0.25) is 11.6 Å². The van der Waals surface area contributed by atoms with Gasteiger partial charge in [-0.25, -0.2) is 0 Å². The van der Waals surface area contributed by atoms with Gasteiger partial charge in [-0.1, -0.05) is 24.3 Å². The molecule has 4 aliphatic heterocycles. The van der Waals surface area contributed by atoms with Crippen molar-refractivity contribution in [1.82, 2.24) is 0 Å². The SMILES string of the molecule is OC[C@H]1O[C@@]2(CCc3ccccc3O2)[C@](O)(c2ccc3c(c2)CC[C@]2(O3)O[C@H](CO)[C@@H](O)[C@H](O)[C@@H]2O)[C@@H](O)[C@@H]1O. The highest BCUT2D eigenvalue weighted by Crippen LogP contribution is 2.52. The summed E-state index contributed by atoms with van der Waals surface area (Å²) < 4.78 is 24.1. The fourth-order valence-electron chi connectivity index (χ4n) is 6.46. The molecule has 2 fully saturated rings. The van der Waals surface area contributed by atoms with Crippen molar-refractivity contribution in [2.24, 2.45) is 0 Å². The number of benzene rings is 2. The summed E-state index contributed by atoms with van der Waals surface area (Å²) in [5, 5.41) is 85.1. The lowest BCUT2D eigenvalue weighted by Crippen LogP contribution is -2.73. The minimum Gasteiger partial charge on any atom is -0.459 e. The minimum absolute atomic E-state index is 0.0343. The van der Waals surface area contributed by atoms with Gasteiger partial charge in [0.1, 0.15) is 54.2 Å². The predicted molar refractivity (Wildman–Crippen MR) is 134 cm³/mol. The van der Waals surface area contributed by atoms with Crippen molar-refractivity contribution in [3.8, 4) is 11.5 Å². The van der Waals surface area contributed by atoms with Crippen molar-refractivity contribution >= 4 is 0 Å². The van der Waals surface area contributed by atoms with E-state index in [1.54, 1.807) is 18.2 Å². The van der Waals surface area contributed by atoms with E-state index >= 15 is 0 Å². The van der Waals surface area contributed by atoms with Gasteiger partial charge in [0.05, 0.1) is 13.2 Å². The molecule has 2 spiro atoms. The molecule has 6 rings (SSSR count). The van der Waals surface area contributed by atoms with Crippen LogP contribution >= 0.6 is 0 Å². The average molecular weight is 563 g/mol. The number of hydrogen-bond acceptors (Lipinski definition) is 12. The van der Waals surface area contributed by atoms with Crippen LogP contribution in [0.2, 0.25) is 0 Å². The van der Waals surface area contributed by atoms with E-state index in [2.05, 4.69) is 0 Å². The van der Waals surface area contributed by atoms with Crippen molar-refractivity contribution < 1.29 is 59.8 Å². The second kappa shape index (κ2) is 9.88. The summed E-state index contributed by atoms with van der Waals surface area (Å²) in [4.78, 5) is 0. The van der Waals surface area contributed by atoms with E-state index in [4.69, 9.17) is 18.9 Å². The highest BCUT2D eigenvalue weighted by molar-refractivity contribution is 5.45. The number of fused-ring (bicyclic) bond motifs is 2. The Morgan fingerprint density at radius 2 is 1.38 bits per heavy atom. The highest BCUT2D eigenvalue weighted by Gasteiger charge is 2.67. The Labute approximate surface area is 229 Å². The molecule has 218 valence electrons. The molecule has 0 saturated carbocycles. The van der Waals surface area contributed by atoms with Gasteiger partial charge in [0.15, 0.2) is 5.60 Å². The van der Waals surface area contributed by atoms with E-state index in [0.717, 1.165) is 5.56 Å². The van der Waals surface area contributed by atoms with Crippen LogP contribution in [0, 0.1) is 0 Å². The summed E-state index contributed by atoms with van der Waals surface area (Å²) in [6, 6.07) is 11.7. The lowest BCUT2D eigenvalue weighted by molar-refractivity contribution is -0.388. The first-order valence-electron chi connectivity index (χ1n) is 13.4. The number of aliphatic hydroxyl groups is 8. The first-order valence-corrected chi connectivity index (χ1v) is 13.4. The van der Waals surface area contributed by atoms with Gasteiger partial charge in [-0.2, -0.15) is 0 Å². The van der Waals surface area contributed by atoms with Crippen LogP contribution in [0.4, 0.5) is 0 Å². The molecule has 8 N–H and O–H groups in total. The molecule has 4 aliphatic rings. The van der Waals surface area contributed by atoms with Crippen molar-refractivity contribution in [3.63, 3.8) is 0 Å². The van der Waals surface area contributed by atoms with E-state index in [0.29, 0.717) is 17.7 Å². The van der Waals surface area contributed by atoms with Crippen molar-refractivity contribution in [2.75, 3.05) is 13.2 Å². The van der Waals surface area contributed by atoms with E-state index in [9.17, 15) is 40.9 Å². The van der Waals surface area contributed by atoms with Crippen LogP contribution in [0.1, 0.15) is 29.5 Å². The predicted octanol–water partition coefficient (Wildman–Crippen LogP) is -1.80. The zero-order valence-electron chi connectivity index (χ0n) is 21.5. The molecule has 12 nitrogen and oxygen atoms in total. The summed E-state index contributed by atoms with van der Waals surface area (Å²) in [6.45, 7) is -1.21. The van der Waals surface area contributed by atoms with Gasteiger partial charge < -0.3 is 59.8 Å². The summed E-state index contributed by atoms with van der Waals surface area (Å²) in [7, 11) is 0. The highest BCUT2D eigenvalue weighted by atomic mass is 16.7. The van der Waals surface area contributed by atoms with Gasteiger partial charge in [0, 0.05) is 12.8 Å². The van der Waals surface area contributed by atoms with E-state index in [-0.39, 0.29) is 30.6 Å². The summed E-state index contributed by atoms with van der Waals surface area (Å²) in [5.74, 6) is -2.89. The number of hydrogen-bond donors (Lipinski definition) is 8. The summed E-state index contributed by atoms with van der Waals surface area (Å²) in [6.07, 6.45) is -9.76. The molecule has 10 atom stereocenters. The first-order chi connectivity index (χ1) is 19.1. The van der Waals surface area contributed by atoms with Crippen LogP contribution in [0.25, 0.3) is 0 Å². The molecule has 2 aromatic rings. The van der Waals surface area contributed by atoms with Crippen LogP contribution in [-0.4, -0.2) is 108 Å². The van der Waals surface area contributed by atoms with Gasteiger partial charge in [-0.3, -0.25) is 0 Å². The zero-order chi connectivity index (χ0) is 28.4. The molecular formula is C28H34O12. The fourth-order valence-corrected chi connectivity index (χ4v) is 6.46. The van der Waals surface area contributed by atoms with Gasteiger partial charge in [0.25, 0.3) is 0 Å². The van der Waals surface area contributed by atoms with Crippen LogP contribution in [0.5, 0.6) is 11.5 Å². The van der Waals surface area contributed by atoms with Crippen LogP contribution in [0.15, 0.2) is 42.5 Å². The standard InChI is InChI=1S/C28H34O12/c29-12-19-21(31)23(33)24(34)26(38-19)9-7-15-11-16(5-6-18(15)37-26)28(36)25(35)22(32)20(13-30)40-27(28)10-8-14-3-1-2-4-17(14)39-27/h1-6,11,19-25,29-36H,7-10,12-13H2/t19-,20-,21-,22-,23+,24+,25+,26+,27+,28+/m1/s1. The lowest BCUT2D eigenvalue weighted by atomic mass is 9.71. The molecule has 0 bridgehead atoms. The Bertz CT molecular complexity index is 1260. The second-order valence-corrected chi connectivity index (χ2v) is 11.0. The largest absolute Gasteiger partial charge is 0.459 e. The minimum atomic E-state index is -2.28. The lowest BCUT2D eigenvalue weighted by Gasteiger charge is -2.56. The molecule has 0 radical (unpaired) electrons. The Balaban J connectivity index is 1.38. The van der Waals surface area contributed by atoms with E-state index in [1.807, 2.05) is 12.1 Å². The van der Waals surface area contributed by atoms with E-state index < -0.39 is 73.1 Å². The molecule has 0 aliphatic carbocycles. The monoisotopic (exact) mass is 562 g/mol. The quantitative estimate of drug-likeness (QED) is 0.209. The Morgan fingerprint density at radius 1 is 0.700 bits per heavy atom. The fraction of sp³-hybridized carbons (Fsp3) is 0.571. The molecule has 0 unspecified atom stereocenters. The number of para-hydroxylation sites is 1. The average Bonchev–Trinajstić information content (AvgIpc) is 2.98. The Morgan fingerprint density at radius 3 is 2.12 bits per heavy atom.